The molecule has 0 aromatic rings. The van der Waals surface area contributed by atoms with Gasteiger partial charge in [-0.3, -0.25) is 9.59 Å². The fourth-order valence-electron chi connectivity index (χ4n) is 7.25. The minimum Gasteiger partial charge on any atom is -0.388 e. The molecule has 1 heterocycles. The molecule has 1 aliphatic heterocycles. The number of alkyl halides is 1. The molecule has 1 N–H and O–H groups in total. The van der Waals surface area contributed by atoms with Gasteiger partial charge in [0.2, 0.25) is 0 Å². The number of aliphatic hydroxyl groups excluding tert-OH is 1. The molecule has 3 fully saturated rings. The first kappa shape index (κ1) is 20.3. The molecule has 0 aromatic carbocycles. The van der Waals surface area contributed by atoms with Crippen LogP contribution < -0.4 is 0 Å². The van der Waals surface area contributed by atoms with Crippen LogP contribution >= 0.6 is 0 Å². The number of allylic oxidation sites excluding steroid dienone is 6. The average molecular weight is 416 g/mol. The third kappa shape index (κ3) is 2.28. The Bertz CT molecular complexity index is 932. The van der Waals surface area contributed by atoms with E-state index in [1.165, 1.54) is 12.2 Å². The molecular weight excluding hydrogens is 387 g/mol. The number of aliphatic hydroxyl groups is 1. The van der Waals surface area contributed by atoms with Crippen molar-refractivity contribution in [2.75, 3.05) is 6.61 Å². The number of hydrogen-bond acceptors (Lipinski definition) is 5. The normalized spacial score (nSPS) is 48.3. The van der Waals surface area contributed by atoms with Crippen LogP contribution in [0.3, 0.4) is 0 Å². The molecule has 0 spiro atoms. The molecule has 0 amide bonds. The molecule has 30 heavy (non-hydrogen) atoms. The van der Waals surface area contributed by atoms with E-state index in [1.807, 2.05) is 19.9 Å². The lowest BCUT2D eigenvalue weighted by Gasteiger charge is -2.54. The van der Waals surface area contributed by atoms with Gasteiger partial charge in [0, 0.05) is 10.8 Å². The van der Waals surface area contributed by atoms with Crippen LogP contribution in [0.5, 0.6) is 0 Å². The molecule has 0 radical (unpaired) electrons. The van der Waals surface area contributed by atoms with Gasteiger partial charge < -0.3 is 14.6 Å². The van der Waals surface area contributed by atoms with E-state index in [4.69, 9.17) is 9.47 Å². The average Bonchev–Trinajstić information content (AvgIpc) is 3.09. The van der Waals surface area contributed by atoms with Crippen LogP contribution in [0.2, 0.25) is 0 Å². The van der Waals surface area contributed by atoms with Gasteiger partial charge in [-0.1, -0.05) is 24.6 Å². The van der Waals surface area contributed by atoms with Crippen LogP contribution in [0.15, 0.2) is 35.5 Å². The molecule has 0 unspecified atom stereocenters. The van der Waals surface area contributed by atoms with E-state index in [0.29, 0.717) is 18.4 Å². The molecule has 2 saturated carbocycles. The number of Topliss-reactive ketones (excluding diaryl/α,β-unsaturated/α-hetero) is 1. The Kier molecular flexibility index (Phi) is 4.05. The minimum absolute atomic E-state index is 0.0169. The van der Waals surface area contributed by atoms with Gasteiger partial charge in [0.1, 0.15) is 12.8 Å². The second-order valence-electron chi connectivity index (χ2n) is 10.4. The topological polar surface area (TPSA) is 72.8 Å². The predicted octanol–water partition coefficient (Wildman–Crippen LogP) is 3.22. The SMILES string of the molecule is CC1(C)O[C@@H]2C[C@H]3[C@@H]4C[C@H](F)C5=CC(=O)C=C[C@]5(C)C4=CC[C@]3(C)[C@]2(C(=O)CO)O1. The molecule has 5 nitrogen and oxygen atoms in total. The maximum absolute atomic E-state index is 15.4. The van der Waals surface area contributed by atoms with E-state index in [1.54, 1.807) is 13.8 Å². The number of carbonyl (C=O) groups excluding carboxylic acids is 2. The van der Waals surface area contributed by atoms with Gasteiger partial charge >= 0.3 is 0 Å². The molecule has 7 atom stereocenters. The summed E-state index contributed by atoms with van der Waals surface area (Å²) in [5.41, 5.74) is -0.803. The van der Waals surface area contributed by atoms with Crippen molar-refractivity contribution in [1.82, 2.24) is 0 Å². The summed E-state index contributed by atoms with van der Waals surface area (Å²) in [6.45, 7) is 6.99. The monoisotopic (exact) mass is 416 g/mol. The third-order valence-corrected chi connectivity index (χ3v) is 8.49. The van der Waals surface area contributed by atoms with E-state index < -0.39 is 41.1 Å². The van der Waals surface area contributed by atoms with Gasteiger partial charge in [0.05, 0.1) is 6.10 Å². The van der Waals surface area contributed by atoms with Crippen LogP contribution in [-0.2, 0) is 19.1 Å². The van der Waals surface area contributed by atoms with Gasteiger partial charge in [0.25, 0.3) is 0 Å². The summed E-state index contributed by atoms with van der Waals surface area (Å²) in [4.78, 5) is 25.0. The molecule has 162 valence electrons. The Hall–Kier alpha value is -1.63. The number of rotatable bonds is 2. The molecule has 0 aromatic heterocycles. The molecule has 1 saturated heterocycles. The van der Waals surface area contributed by atoms with E-state index in [0.717, 1.165) is 5.57 Å². The van der Waals surface area contributed by atoms with E-state index in [9.17, 15) is 14.7 Å². The van der Waals surface area contributed by atoms with Crippen molar-refractivity contribution in [2.45, 2.75) is 70.6 Å². The summed E-state index contributed by atoms with van der Waals surface area (Å²) >= 11 is 0. The maximum Gasteiger partial charge on any atom is 0.193 e. The number of hydrogen-bond donors (Lipinski definition) is 1. The lowest BCUT2D eigenvalue weighted by Crippen LogP contribution is -2.59. The largest absolute Gasteiger partial charge is 0.388 e. The van der Waals surface area contributed by atoms with E-state index in [-0.39, 0.29) is 29.8 Å². The molecular formula is C24H29FO5. The zero-order valence-corrected chi connectivity index (χ0v) is 17.9. The van der Waals surface area contributed by atoms with Crippen molar-refractivity contribution in [2.24, 2.45) is 22.7 Å². The van der Waals surface area contributed by atoms with Crippen LogP contribution in [-0.4, -0.2) is 46.9 Å². The van der Waals surface area contributed by atoms with Crippen LogP contribution in [0.4, 0.5) is 4.39 Å². The van der Waals surface area contributed by atoms with Crippen LogP contribution in [0.1, 0.15) is 47.0 Å². The summed E-state index contributed by atoms with van der Waals surface area (Å²) in [7, 11) is 0. The quantitative estimate of drug-likeness (QED) is 0.700. The highest BCUT2D eigenvalue weighted by atomic mass is 19.1. The summed E-state index contributed by atoms with van der Waals surface area (Å²) in [6.07, 6.45) is 6.70. The second-order valence-corrected chi connectivity index (χ2v) is 10.4. The second kappa shape index (κ2) is 5.99. The Morgan fingerprint density at radius 1 is 1.23 bits per heavy atom. The highest BCUT2D eigenvalue weighted by Gasteiger charge is 2.75. The first-order valence-corrected chi connectivity index (χ1v) is 10.8. The fourth-order valence-corrected chi connectivity index (χ4v) is 7.25. The summed E-state index contributed by atoms with van der Waals surface area (Å²) in [6, 6.07) is 0. The number of halogens is 1. The fraction of sp³-hybridized carbons (Fsp3) is 0.667. The first-order valence-electron chi connectivity index (χ1n) is 10.8. The Morgan fingerprint density at radius 2 is 1.97 bits per heavy atom. The number of carbonyl (C=O) groups is 2. The molecule has 0 bridgehead atoms. The molecule has 6 heteroatoms. The smallest absolute Gasteiger partial charge is 0.193 e. The number of ether oxygens (including phenoxy) is 2. The van der Waals surface area contributed by atoms with Gasteiger partial charge in [-0.05, 0) is 69.6 Å². The van der Waals surface area contributed by atoms with E-state index in [2.05, 4.69) is 6.08 Å². The predicted molar refractivity (Wildman–Crippen MR) is 107 cm³/mol. The van der Waals surface area contributed by atoms with Gasteiger partial charge in [-0.15, -0.1) is 0 Å². The van der Waals surface area contributed by atoms with Crippen molar-refractivity contribution in [1.29, 1.82) is 0 Å². The molecule has 5 rings (SSSR count). The van der Waals surface area contributed by atoms with Gasteiger partial charge in [-0.25, -0.2) is 4.39 Å². The highest BCUT2D eigenvalue weighted by Crippen LogP contribution is 2.68. The van der Waals surface area contributed by atoms with E-state index >= 15 is 4.39 Å². The standard InChI is InChI=1S/C24H29FO5/c1-21(2)29-20-11-16-14-10-18(25)17-9-13(27)5-7-22(17,3)15(14)6-8-23(16,4)24(20,30-21)19(28)12-26/h5-7,9,14,16,18,20,26H,8,10-12H2,1-4H3/t14-,16+,18+,20-,22-,23+,24-/m1/s1. The van der Waals surface area contributed by atoms with Gasteiger partial charge in [0.15, 0.2) is 23.0 Å². The van der Waals surface area contributed by atoms with Crippen molar-refractivity contribution in [3.8, 4) is 0 Å². The summed E-state index contributed by atoms with van der Waals surface area (Å²) in [5, 5.41) is 9.80. The Balaban J connectivity index is 1.63. The molecule has 4 aliphatic carbocycles. The van der Waals surface area contributed by atoms with Crippen molar-refractivity contribution >= 4 is 11.6 Å². The van der Waals surface area contributed by atoms with Crippen molar-refractivity contribution in [3.05, 3.63) is 35.5 Å². The summed E-state index contributed by atoms with van der Waals surface area (Å²) < 4.78 is 27.9. The maximum atomic E-state index is 15.4. The first-order chi connectivity index (χ1) is 14.0. The molecule has 5 aliphatic rings. The lowest BCUT2D eigenvalue weighted by molar-refractivity contribution is -0.206. The minimum atomic E-state index is -1.24. The van der Waals surface area contributed by atoms with Crippen LogP contribution in [0, 0.1) is 22.7 Å². The Morgan fingerprint density at radius 3 is 2.67 bits per heavy atom. The van der Waals surface area contributed by atoms with Crippen molar-refractivity contribution in [3.63, 3.8) is 0 Å². The summed E-state index contributed by atoms with van der Waals surface area (Å²) in [5.74, 6) is -1.55. The lowest BCUT2D eigenvalue weighted by atomic mass is 9.51. The van der Waals surface area contributed by atoms with Gasteiger partial charge in [-0.2, -0.15) is 0 Å². The zero-order chi connectivity index (χ0) is 21.7. The van der Waals surface area contributed by atoms with Crippen molar-refractivity contribution < 1.29 is 28.6 Å². The highest BCUT2D eigenvalue weighted by molar-refractivity contribution is 6.01. The van der Waals surface area contributed by atoms with Crippen LogP contribution in [0.25, 0.3) is 0 Å². The third-order valence-electron chi connectivity index (χ3n) is 8.49. The number of fused-ring (bicyclic) bond motifs is 7. The number of ketones is 2. The Labute approximate surface area is 176 Å². The zero-order valence-electron chi connectivity index (χ0n) is 17.9.